The summed E-state index contributed by atoms with van der Waals surface area (Å²) in [4.78, 5) is 34.1. The molecule has 2 aliphatic heterocycles. The predicted octanol–water partition coefficient (Wildman–Crippen LogP) is 2.46. The first kappa shape index (κ1) is 15.8. The van der Waals surface area contributed by atoms with Crippen LogP contribution in [0.5, 0.6) is 0 Å². The Hall–Kier alpha value is -2.67. The highest BCUT2D eigenvalue weighted by molar-refractivity contribution is 7.09. The van der Waals surface area contributed by atoms with Gasteiger partial charge in [-0.2, -0.15) is 0 Å². The van der Waals surface area contributed by atoms with E-state index in [0.717, 1.165) is 34.9 Å². The van der Waals surface area contributed by atoms with Crippen molar-refractivity contribution in [3.8, 4) is 0 Å². The first-order valence-electron chi connectivity index (χ1n) is 8.26. The van der Waals surface area contributed by atoms with Gasteiger partial charge in [0.2, 0.25) is 5.91 Å². The minimum Gasteiger partial charge on any atom is -0.350 e. The zero-order chi connectivity index (χ0) is 17.2. The van der Waals surface area contributed by atoms with Crippen LogP contribution in [0.3, 0.4) is 0 Å². The summed E-state index contributed by atoms with van der Waals surface area (Å²) < 4.78 is 0. The Morgan fingerprint density at radius 1 is 1.24 bits per heavy atom. The summed E-state index contributed by atoms with van der Waals surface area (Å²) in [6.07, 6.45) is 0.843. The van der Waals surface area contributed by atoms with E-state index in [9.17, 15) is 9.59 Å². The minimum atomic E-state index is -0.177. The number of para-hydroxylation sites is 1. The largest absolute Gasteiger partial charge is 0.350 e. The second-order valence-electron chi connectivity index (χ2n) is 5.95. The van der Waals surface area contributed by atoms with Crippen LogP contribution in [0.1, 0.15) is 16.9 Å². The molecule has 0 radical (unpaired) electrons. The number of hydrogen-bond donors (Lipinski definition) is 1. The van der Waals surface area contributed by atoms with Gasteiger partial charge in [0.05, 0.1) is 12.2 Å². The van der Waals surface area contributed by atoms with Crippen LogP contribution in [-0.4, -0.2) is 42.3 Å². The number of benzene rings is 1. The lowest BCUT2D eigenvalue weighted by Gasteiger charge is -2.39. The van der Waals surface area contributed by atoms with Crippen LogP contribution in [0, 0.1) is 0 Å². The fourth-order valence-electron chi connectivity index (χ4n) is 3.12. The SMILES string of the molecule is O=C(CN1C(=O)N2CCCN=C2c2ccccc21)NCc1cccs1. The van der Waals surface area contributed by atoms with Crippen molar-refractivity contribution < 1.29 is 9.59 Å². The number of amides is 3. The predicted molar refractivity (Wildman–Crippen MR) is 98.1 cm³/mol. The molecule has 2 aliphatic rings. The zero-order valence-electron chi connectivity index (χ0n) is 13.6. The van der Waals surface area contributed by atoms with E-state index in [1.54, 1.807) is 21.1 Å². The molecule has 3 amide bonds. The minimum absolute atomic E-state index is 0.00496. The molecule has 0 atom stereocenters. The molecule has 2 aromatic rings. The molecule has 0 bridgehead atoms. The summed E-state index contributed by atoms with van der Waals surface area (Å²) >= 11 is 1.60. The first-order valence-corrected chi connectivity index (χ1v) is 9.14. The van der Waals surface area contributed by atoms with Gasteiger partial charge in [-0.15, -0.1) is 11.3 Å². The standard InChI is InChI=1S/C18H18N4O2S/c23-16(20-11-13-5-3-10-25-13)12-22-15-7-2-1-6-14(15)17-19-8-4-9-21(17)18(22)24/h1-3,5-7,10H,4,8-9,11-12H2,(H,20,23). The molecule has 0 fully saturated rings. The van der Waals surface area contributed by atoms with E-state index in [0.29, 0.717) is 13.1 Å². The van der Waals surface area contributed by atoms with Crippen LogP contribution in [0.25, 0.3) is 0 Å². The Bertz CT molecular complexity index is 831. The molecule has 1 aromatic carbocycles. The van der Waals surface area contributed by atoms with Crippen molar-refractivity contribution in [2.24, 2.45) is 4.99 Å². The lowest BCUT2D eigenvalue weighted by atomic mass is 10.1. The van der Waals surface area contributed by atoms with Crippen molar-refractivity contribution in [1.82, 2.24) is 10.2 Å². The number of anilines is 1. The molecule has 128 valence electrons. The fourth-order valence-corrected chi connectivity index (χ4v) is 3.76. The molecule has 0 spiro atoms. The van der Waals surface area contributed by atoms with E-state index in [2.05, 4.69) is 10.3 Å². The molecule has 1 aromatic heterocycles. The van der Waals surface area contributed by atoms with Crippen LogP contribution in [0.15, 0.2) is 46.8 Å². The van der Waals surface area contributed by atoms with Gasteiger partial charge in [0.15, 0.2) is 0 Å². The van der Waals surface area contributed by atoms with E-state index < -0.39 is 0 Å². The molecule has 1 N–H and O–H groups in total. The number of amidine groups is 1. The van der Waals surface area contributed by atoms with Crippen molar-refractivity contribution in [2.45, 2.75) is 13.0 Å². The molecular weight excluding hydrogens is 336 g/mol. The van der Waals surface area contributed by atoms with Crippen molar-refractivity contribution in [2.75, 3.05) is 24.5 Å². The Morgan fingerprint density at radius 3 is 2.96 bits per heavy atom. The maximum Gasteiger partial charge on any atom is 0.330 e. The molecule has 0 saturated heterocycles. The van der Waals surface area contributed by atoms with Gasteiger partial charge >= 0.3 is 6.03 Å². The van der Waals surface area contributed by atoms with Crippen LogP contribution in [0.4, 0.5) is 10.5 Å². The number of nitrogens with one attached hydrogen (secondary N) is 1. The topological polar surface area (TPSA) is 65.0 Å². The monoisotopic (exact) mass is 354 g/mol. The Morgan fingerprint density at radius 2 is 2.12 bits per heavy atom. The molecule has 6 nitrogen and oxygen atoms in total. The summed E-state index contributed by atoms with van der Waals surface area (Å²) in [5.41, 5.74) is 1.66. The molecule has 7 heteroatoms. The summed E-state index contributed by atoms with van der Waals surface area (Å²) in [6, 6.07) is 11.4. The smallest absolute Gasteiger partial charge is 0.330 e. The number of fused-ring (bicyclic) bond motifs is 3. The maximum absolute atomic E-state index is 12.9. The molecule has 0 aliphatic carbocycles. The van der Waals surface area contributed by atoms with Crippen LogP contribution < -0.4 is 10.2 Å². The molecular formula is C18H18N4O2S. The van der Waals surface area contributed by atoms with E-state index in [4.69, 9.17) is 0 Å². The second-order valence-corrected chi connectivity index (χ2v) is 6.98. The van der Waals surface area contributed by atoms with Crippen molar-refractivity contribution in [3.63, 3.8) is 0 Å². The molecule has 3 heterocycles. The van der Waals surface area contributed by atoms with E-state index in [-0.39, 0.29) is 18.5 Å². The van der Waals surface area contributed by atoms with Gasteiger partial charge in [-0.25, -0.2) is 4.79 Å². The Labute approximate surface area is 149 Å². The third kappa shape index (κ3) is 3.02. The number of carbonyl (C=O) groups excluding carboxylic acids is 2. The van der Waals surface area contributed by atoms with Gasteiger partial charge in [0, 0.05) is 23.5 Å². The second kappa shape index (κ2) is 6.68. The van der Waals surface area contributed by atoms with Gasteiger partial charge in [-0.05, 0) is 30.0 Å². The number of rotatable bonds is 4. The number of hydrogen-bond acceptors (Lipinski definition) is 4. The van der Waals surface area contributed by atoms with Crippen LogP contribution in [-0.2, 0) is 11.3 Å². The number of thiophene rings is 1. The Kier molecular flexibility index (Phi) is 4.23. The van der Waals surface area contributed by atoms with Gasteiger partial charge in [0.1, 0.15) is 12.4 Å². The molecule has 0 saturated carbocycles. The lowest BCUT2D eigenvalue weighted by Crippen LogP contribution is -2.55. The summed E-state index contributed by atoms with van der Waals surface area (Å²) in [5.74, 6) is 0.552. The van der Waals surface area contributed by atoms with Crippen molar-refractivity contribution >= 4 is 34.8 Å². The number of carbonyl (C=O) groups is 2. The third-order valence-corrected chi connectivity index (χ3v) is 5.17. The Balaban J connectivity index is 1.56. The average molecular weight is 354 g/mol. The van der Waals surface area contributed by atoms with Crippen molar-refractivity contribution in [1.29, 1.82) is 0 Å². The maximum atomic E-state index is 12.9. The molecule has 4 rings (SSSR count). The quantitative estimate of drug-likeness (QED) is 0.917. The first-order chi connectivity index (χ1) is 12.2. The van der Waals surface area contributed by atoms with Gasteiger partial charge in [0.25, 0.3) is 0 Å². The number of aliphatic imine (C=N–C) groups is 1. The highest BCUT2D eigenvalue weighted by atomic mass is 32.1. The van der Waals surface area contributed by atoms with Gasteiger partial charge in [-0.3, -0.25) is 19.6 Å². The van der Waals surface area contributed by atoms with Crippen LogP contribution in [0.2, 0.25) is 0 Å². The summed E-state index contributed by atoms with van der Waals surface area (Å²) in [6.45, 7) is 1.86. The highest BCUT2D eigenvalue weighted by Crippen LogP contribution is 2.30. The van der Waals surface area contributed by atoms with E-state index >= 15 is 0 Å². The zero-order valence-corrected chi connectivity index (χ0v) is 14.5. The van der Waals surface area contributed by atoms with E-state index in [1.807, 2.05) is 41.8 Å². The van der Waals surface area contributed by atoms with Crippen LogP contribution >= 0.6 is 11.3 Å². The number of urea groups is 1. The summed E-state index contributed by atoms with van der Waals surface area (Å²) in [7, 11) is 0. The fraction of sp³-hybridized carbons (Fsp3) is 0.278. The van der Waals surface area contributed by atoms with Gasteiger partial charge < -0.3 is 5.32 Å². The normalized spacial score (nSPS) is 16.2. The molecule has 0 unspecified atom stereocenters. The molecule has 25 heavy (non-hydrogen) atoms. The van der Waals surface area contributed by atoms with Gasteiger partial charge in [-0.1, -0.05) is 18.2 Å². The highest BCUT2D eigenvalue weighted by Gasteiger charge is 2.36. The van der Waals surface area contributed by atoms with E-state index in [1.165, 1.54) is 0 Å². The third-order valence-electron chi connectivity index (χ3n) is 4.30. The van der Waals surface area contributed by atoms with Crippen molar-refractivity contribution in [3.05, 3.63) is 52.2 Å². The summed E-state index contributed by atoms with van der Waals surface area (Å²) in [5, 5.41) is 4.86. The lowest BCUT2D eigenvalue weighted by molar-refractivity contribution is -0.119. The number of nitrogens with zero attached hydrogens (tertiary/aromatic N) is 3. The average Bonchev–Trinajstić information content (AvgIpc) is 3.17.